The van der Waals surface area contributed by atoms with Gasteiger partial charge < -0.3 is 15.1 Å². The normalized spacial score (nSPS) is 15.2. The quantitative estimate of drug-likeness (QED) is 0.749. The summed E-state index contributed by atoms with van der Waals surface area (Å²) in [6.45, 7) is 17.0. The van der Waals surface area contributed by atoms with Crippen LogP contribution >= 0.6 is 0 Å². The number of nitrogens with zero attached hydrogens (tertiary/aromatic N) is 1. The van der Waals surface area contributed by atoms with E-state index in [-0.39, 0.29) is 11.0 Å². The third-order valence-electron chi connectivity index (χ3n) is 3.47. The van der Waals surface area contributed by atoms with Crippen LogP contribution in [-0.2, 0) is 0 Å². The summed E-state index contributed by atoms with van der Waals surface area (Å²) in [7, 11) is 2.10. The molecule has 0 aliphatic carbocycles. The Labute approximate surface area is 120 Å². The largest absolute Gasteiger partial charge is 0.390 e. The van der Waals surface area contributed by atoms with Crippen molar-refractivity contribution in [1.82, 2.24) is 4.90 Å². The van der Waals surface area contributed by atoms with E-state index in [0.717, 1.165) is 19.4 Å². The van der Waals surface area contributed by atoms with Crippen molar-refractivity contribution in [2.24, 2.45) is 5.41 Å². The molecule has 19 heavy (non-hydrogen) atoms. The standard InChI is InChI=1S/C16H35NO2/c1-13(2,10-15(5,6)18)12-17(9)14(3,4)11-16(7,8)19/h18-19H,10-12H2,1-9H3. The second-order valence-corrected chi connectivity index (χ2v) is 8.81. The van der Waals surface area contributed by atoms with Crippen LogP contribution in [0.3, 0.4) is 0 Å². The van der Waals surface area contributed by atoms with E-state index in [1.807, 2.05) is 27.7 Å². The molecular formula is C16H35NO2. The molecule has 0 aromatic carbocycles. The van der Waals surface area contributed by atoms with Crippen LogP contribution in [0.15, 0.2) is 0 Å². The third-order valence-corrected chi connectivity index (χ3v) is 3.47. The topological polar surface area (TPSA) is 43.7 Å². The van der Waals surface area contributed by atoms with Crippen LogP contribution in [-0.4, -0.2) is 45.4 Å². The van der Waals surface area contributed by atoms with Gasteiger partial charge in [-0.05, 0) is 66.8 Å². The van der Waals surface area contributed by atoms with Crippen molar-refractivity contribution in [3.05, 3.63) is 0 Å². The second-order valence-electron chi connectivity index (χ2n) is 8.81. The van der Waals surface area contributed by atoms with Gasteiger partial charge in [-0.2, -0.15) is 0 Å². The first-order valence-electron chi connectivity index (χ1n) is 7.20. The molecule has 0 unspecified atom stereocenters. The monoisotopic (exact) mass is 273 g/mol. The number of rotatable bonds is 7. The fraction of sp³-hybridized carbons (Fsp3) is 1.00. The zero-order chi connectivity index (χ0) is 15.7. The molecule has 0 spiro atoms. The minimum Gasteiger partial charge on any atom is -0.390 e. The van der Waals surface area contributed by atoms with E-state index >= 15 is 0 Å². The maximum atomic E-state index is 10.0. The van der Waals surface area contributed by atoms with Gasteiger partial charge >= 0.3 is 0 Å². The fourth-order valence-electron chi connectivity index (χ4n) is 3.28. The molecule has 0 aliphatic rings. The molecule has 3 heteroatoms. The summed E-state index contributed by atoms with van der Waals surface area (Å²) in [4.78, 5) is 2.29. The average Bonchev–Trinajstić information content (AvgIpc) is 1.91. The summed E-state index contributed by atoms with van der Waals surface area (Å²) in [6.07, 6.45) is 1.47. The number of hydrogen-bond acceptors (Lipinski definition) is 3. The van der Waals surface area contributed by atoms with Crippen molar-refractivity contribution in [2.45, 2.75) is 85.0 Å². The van der Waals surface area contributed by atoms with Crippen LogP contribution in [0.2, 0.25) is 0 Å². The summed E-state index contributed by atoms with van der Waals surface area (Å²) in [6, 6.07) is 0. The highest BCUT2D eigenvalue weighted by Gasteiger charge is 2.35. The van der Waals surface area contributed by atoms with E-state index in [1.54, 1.807) is 0 Å². The fourth-order valence-corrected chi connectivity index (χ4v) is 3.28. The predicted molar refractivity (Wildman–Crippen MR) is 82.3 cm³/mol. The molecular weight excluding hydrogens is 238 g/mol. The Hall–Kier alpha value is -0.120. The van der Waals surface area contributed by atoms with E-state index in [0.29, 0.717) is 0 Å². The first-order chi connectivity index (χ1) is 8.04. The van der Waals surface area contributed by atoms with Gasteiger partial charge in [0.05, 0.1) is 11.2 Å². The molecule has 0 radical (unpaired) electrons. The van der Waals surface area contributed by atoms with E-state index in [2.05, 4.69) is 39.6 Å². The molecule has 0 rings (SSSR count). The van der Waals surface area contributed by atoms with Crippen molar-refractivity contribution < 1.29 is 10.2 Å². The molecule has 0 atom stereocenters. The average molecular weight is 273 g/mol. The summed E-state index contributed by atoms with van der Waals surface area (Å²) in [5.41, 5.74) is -1.36. The van der Waals surface area contributed by atoms with Gasteiger partial charge in [0.1, 0.15) is 0 Å². The van der Waals surface area contributed by atoms with Crippen LogP contribution in [0.25, 0.3) is 0 Å². The van der Waals surface area contributed by atoms with E-state index in [1.165, 1.54) is 0 Å². The highest BCUT2D eigenvalue weighted by Crippen LogP contribution is 2.32. The molecule has 0 saturated carbocycles. The molecule has 2 N–H and O–H groups in total. The Balaban J connectivity index is 4.71. The minimum atomic E-state index is -0.668. The molecule has 0 saturated heterocycles. The van der Waals surface area contributed by atoms with Gasteiger partial charge in [-0.3, -0.25) is 0 Å². The Bertz CT molecular complexity index is 282. The highest BCUT2D eigenvalue weighted by atomic mass is 16.3. The Morgan fingerprint density at radius 3 is 1.42 bits per heavy atom. The minimum absolute atomic E-state index is 0.0316. The lowest BCUT2D eigenvalue weighted by atomic mass is 9.79. The van der Waals surface area contributed by atoms with E-state index < -0.39 is 11.2 Å². The first-order valence-corrected chi connectivity index (χ1v) is 7.20. The smallest absolute Gasteiger partial charge is 0.0609 e. The highest BCUT2D eigenvalue weighted by molar-refractivity contribution is 4.90. The van der Waals surface area contributed by atoms with Gasteiger partial charge in [-0.25, -0.2) is 0 Å². The van der Waals surface area contributed by atoms with Gasteiger partial charge in [0, 0.05) is 12.1 Å². The lowest BCUT2D eigenvalue weighted by Crippen LogP contribution is -2.50. The van der Waals surface area contributed by atoms with Gasteiger partial charge in [0.25, 0.3) is 0 Å². The van der Waals surface area contributed by atoms with Crippen molar-refractivity contribution in [3.63, 3.8) is 0 Å². The second kappa shape index (κ2) is 5.71. The zero-order valence-corrected chi connectivity index (χ0v) is 14.5. The van der Waals surface area contributed by atoms with Gasteiger partial charge in [0.15, 0.2) is 0 Å². The van der Waals surface area contributed by atoms with Crippen molar-refractivity contribution in [2.75, 3.05) is 13.6 Å². The Kier molecular flexibility index (Phi) is 5.67. The summed E-state index contributed by atoms with van der Waals surface area (Å²) >= 11 is 0. The Morgan fingerprint density at radius 1 is 0.737 bits per heavy atom. The molecule has 0 aromatic heterocycles. The predicted octanol–water partition coefficient (Wildman–Crippen LogP) is 3.05. The van der Waals surface area contributed by atoms with Crippen molar-refractivity contribution in [3.8, 4) is 0 Å². The Morgan fingerprint density at radius 2 is 1.11 bits per heavy atom. The lowest BCUT2D eigenvalue weighted by Gasteiger charge is -2.44. The van der Waals surface area contributed by atoms with Gasteiger partial charge in [-0.15, -0.1) is 0 Å². The molecule has 0 aromatic rings. The van der Waals surface area contributed by atoms with Crippen LogP contribution < -0.4 is 0 Å². The zero-order valence-electron chi connectivity index (χ0n) is 14.5. The maximum absolute atomic E-state index is 10.0. The number of hydrogen-bond donors (Lipinski definition) is 2. The van der Waals surface area contributed by atoms with Gasteiger partial charge in [-0.1, -0.05) is 13.8 Å². The van der Waals surface area contributed by atoms with Crippen molar-refractivity contribution in [1.29, 1.82) is 0 Å². The van der Waals surface area contributed by atoms with E-state index in [4.69, 9.17) is 0 Å². The third kappa shape index (κ3) is 8.61. The number of aliphatic hydroxyl groups is 2. The maximum Gasteiger partial charge on any atom is 0.0609 e. The van der Waals surface area contributed by atoms with Crippen molar-refractivity contribution >= 4 is 0 Å². The molecule has 0 fully saturated rings. The molecule has 0 aliphatic heterocycles. The van der Waals surface area contributed by atoms with Crippen LogP contribution in [0, 0.1) is 5.41 Å². The van der Waals surface area contributed by atoms with Gasteiger partial charge in [0.2, 0.25) is 0 Å². The summed E-state index contributed by atoms with van der Waals surface area (Å²) in [5, 5.41) is 20.0. The molecule has 0 amide bonds. The molecule has 0 bridgehead atoms. The van der Waals surface area contributed by atoms with E-state index in [9.17, 15) is 10.2 Å². The summed E-state index contributed by atoms with van der Waals surface area (Å²) in [5.74, 6) is 0. The molecule has 3 nitrogen and oxygen atoms in total. The lowest BCUT2D eigenvalue weighted by molar-refractivity contribution is -0.0193. The molecule has 0 heterocycles. The van der Waals surface area contributed by atoms with Crippen LogP contribution in [0.1, 0.15) is 68.2 Å². The van der Waals surface area contributed by atoms with Crippen LogP contribution in [0.4, 0.5) is 0 Å². The van der Waals surface area contributed by atoms with Crippen LogP contribution in [0.5, 0.6) is 0 Å². The first kappa shape index (κ1) is 18.9. The summed E-state index contributed by atoms with van der Waals surface area (Å²) < 4.78 is 0. The molecule has 116 valence electrons. The SMILES string of the molecule is CN(CC(C)(C)CC(C)(C)O)C(C)(C)CC(C)(C)O.